The molecule has 1 amide bonds. The van der Waals surface area contributed by atoms with Gasteiger partial charge in [-0.25, -0.2) is 0 Å². The second-order valence-electron chi connectivity index (χ2n) is 9.71. The number of halogens is 3. The number of amides is 1. The van der Waals surface area contributed by atoms with E-state index in [2.05, 4.69) is 19.2 Å². The Morgan fingerprint density at radius 2 is 1.79 bits per heavy atom. The number of nitrogens with one attached hydrogen (secondary N) is 1. The monoisotopic (exact) mass is 546 g/mol. The topological polar surface area (TPSA) is 68.6 Å². The number of nitriles is 1. The van der Waals surface area contributed by atoms with Crippen LogP contribution in [0.1, 0.15) is 63.6 Å². The van der Waals surface area contributed by atoms with E-state index in [0.717, 1.165) is 42.2 Å². The van der Waals surface area contributed by atoms with E-state index < -0.39 is 28.7 Å². The van der Waals surface area contributed by atoms with Crippen LogP contribution in [0.2, 0.25) is 0 Å². The van der Waals surface area contributed by atoms with Gasteiger partial charge in [0.25, 0.3) is 5.91 Å². The summed E-state index contributed by atoms with van der Waals surface area (Å²) in [5.74, 6) is 0.299. The molecule has 38 heavy (non-hydrogen) atoms. The molecule has 3 rings (SSSR count). The summed E-state index contributed by atoms with van der Waals surface area (Å²) >= 11 is 5.52. The predicted octanol–water partition coefficient (Wildman–Crippen LogP) is 6.04. The fraction of sp³-hybridized carbons (Fsp3) is 0.464. The van der Waals surface area contributed by atoms with Gasteiger partial charge in [-0.2, -0.15) is 18.4 Å². The SMILES string of the molecule is CCC(CC)NCc1ccc(OCCCN2C(=S)N(c3ccc(C#N)c(C(F)(F)F)c3)C(=O)C2(C)C)cc1. The summed E-state index contributed by atoms with van der Waals surface area (Å²) in [5.41, 5.74) is -1.51. The lowest BCUT2D eigenvalue weighted by molar-refractivity contribution is -0.137. The molecular formula is C28H33F3N4O2S. The van der Waals surface area contributed by atoms with Crippen LogP contribution in [-0.4, -0.2) is 40.7 Å². The molecular weight excluding hydrogens is 513 g/mol. The Labute approximate surface area is 227 Å². The van der Waals surface area contributed by atoms with Crippen LogP contribution < -0.4 is 15.0 Å². The van der Waals surface area contributed by atoms with Crippen molar-refractivity contribution in [1.82, 2.24) is 10.2 Å². The molecule has 2 aromatic rings. The third-order valence-corrected chi connectivity index (χ3v) is 7.21. The van der Waals surface area contributed by atoms with E-state index in [1.807, 2.05) is 24.3 Å². The molecule has 0 spiro atoms. The zero-order valence-corrected chi connectivity index (χ0v) is 22.9. The van der Waals surface area contributed by atoms with Crippen molar-refractivity contribution >= 4 is 28.9 Å². The van der Waals surface area contributed by atoms with Gasteiger partial charge in [-0.05, 0) is 81.2 Å². The van der Waals surface area contributed by atoms with Crippen molar-refractivity contribution in [3.63, 3.8) is 0 Å². The first-order valence-corrected chi connectivity index (χ1v) is 13.1. The Kier molecular flexibility index (Phi) is 9.39. The minimum absolute atomic E-state index is 0.0167. The van der Waals surface area contributed by atoms with Gasteiger partial charge < -0.3 is 15.0 Å². The van der Waals surface area contributed by atoms with Gasteiger partial charge in [0.15, 0.2) is 5.11 Å². The molecule has 1 N–H and O–H groups in total. The highest BCUT2D eigenvalue weighted by Gasteiger charge is 2.49. The molecule has 0 aromatic heterocycles. The van der Waals surface area contributed by atoms with Crippen LogP contribution in [0.15, 0.2) is 42.5 Å². The summed E-state index contributed by atoms with van der Waals surface area (Å²) in [6.07, 6.45) is -2.02. The number of alkyl halides is 3. The van der Waals surface area contributed by atoms with Gasteiger partial charge in [0.05, 0.1) is 29.5 Å². The fourth-order valence-electron chi connectivity index (χ4n) is 4.40. The van der Waals surface area contributed by atoms with Gasteiger partial charge >= 0.3 is 6.18 Å². The quantitative estimate of drug-likeness (QED) is 0.274. The number of hydrogen-bond acceptors (Lipinski definition) is 5. The molecule has 0 bridgehead atoms. The van der Waals surface area contributed by atoms with Crippen molar-refractivity contribution in [2.24, 2.45) is 0 Å². The van der Waals surface area contributed by atoms with Gasteiger partial charge in [0.1, 0.15) is 11.3 Å². The van der Waals surface area contributed by atoms with E-state index in [-0.39, 0.29) is 10.8 Å². The normalized spacial score (nSPS) is 15.3. The minimum atomic E-state index is -4.74. The Hall–Kier alpha value is -3.16. The smallest absolute Gasteiger partial charge is 0.417 e. The summed E-state index contributed by atoms with van der Waals surface area (Å²) in [6.45, 7) is 9.26. The standard InChI is InChI=1S/C28H33F3N4O2S/c1-5-21(6-2)33-18-19-8-12-23(13-9-19)37-15-7-14-34-26(38)35(25(36)27(34,3)4)22-11-10-20(17-32)24(16-22)28(29,30)31/h8-13,16,21,33H,5-7,14-15,18H2,1-4H3. The van der Waals surface area contributed by atoms with Crippen LogP contribution >= 0.6 is 12.2 Å². The Morgan fingerprint density at radius 3 is 2.37 bits per heavy atom. The summed E-state index contributed by atoms with van der Waals surface area (Å²) in [5, 5.41) is 12.7. The zero-order chi connectivity index (χ0) is 28.1. The molecule has 6 nitrogen and oxygen atoms in total. The molecule has 0 atom stereocenters. The van der Waals surface area contributed by atoms with E-state index in [4.69, 9.17) is 22.2 Å². The molecule has 1 aliphatic rings. The van der Waals surface area contributed by atoms with Gasteiger partial charge in [-0.15, -0.1) is 0 Å². The summed E-state index contributed by atoms with van der Waals surface area (Å²) in [6, 6.07) is 13.1. The van der Waals surface area contributed by atoms with E-state index in [0.29, 0.717) is 25.6 Å². The molecule has 1 saturated heterocycles. The number of hydrogen-bond donors (Lipinski definition) is 1. The van der Waals surface area contributed by atoms with Gasteiger partial charge in [-0.1, -0.05) is 26.0 Å². The second-order valence-corrected chi connectivity index (χ2v) is 10.1. The van der Waals surface area contributed by atoms with E-state index in [9.17, 15) is 18.0 Å². The van der Waals surface area contributed by atoms with Crippen molar-refractivity contribution in [2.45, 2.75) is 71.3 Å². The Balaban J connectivity index is 1.61. The third-order valence-electron chi connectivity index (χ3n) is 6.81. The first-order valence-electron chi connectivity index (χ1n) is 12.7. The molecule has 204 valence electrons. The van der Waals surface area contributed by atoms with Crippen molar-refractivity contribution < 1.29 is 22.7 Å². The molecule has 1 aliphatic heterocycles. The maximum Gasteiger partial charge on any atom is 0.417 e. The lowest BCUT2D eigenvalue weighted by atomic mass is 10.0. The molecule has 10 heteroatoms. The van der Waals surface area contributed by atoms with Crippen LogP contribution in [0, 0.1) is 11.3 Å². The van der Waals surface area contributed by atoms with Crippen molar-refractivity contribution in [2.75, 3.05) is 18.1 Å². The predicted molar refractivity (Wildman–Crippen MR) is 145 cm³/mol. The molecule has 1 heterocycles. The minimum Gasteiger partial charge on any atom is -0.494 e. The van der Waals surface area contributed by atoms with Crippen LogP contribution in [0.4, 0.5) is 18.9 Å². The van der Waals surface area contributed by atoms with Crippen molar-refractivity contribution in [3.05, 3.63) is 59.2 Å². The molecule has 0 unspecified atom stereocenters. The van der Waals surface area contributed by atoms with Gasteiger partial charge in [-0.3, -0.25) is 9.69 Å². The van der Waals surface area contributed by atoms with Gasteiger partial charge in [0.2, 0.25) is 0 Å². The number of rotatable bonds is 11. The molecule has 0 saturated carbocycles. The van der Waals surface area contributed by atoms with Crippen molar-refractivity contribution in [1.29, 1.82) is 5.26 Å². The average Bonchev–Trinajstić information content (AvgIpc) is 3.05. The highest BCUT2D eigenvalue weighted by Crippen LogP contribution is 2.37. The van der Waals surface area contributed by atoms with Crippen molar-refractivity contribution in [3.8, 4) is 11.8 Å². The van der Waals surface area contributed by atoms with Crippen LogP contribution in [-0.2, 0) is 17.5 Å². The molecule has 2 aromatic carbocycles. The van der Waals surface area contributed by atoms with E-state index in [1.54, 1.807) is 24.8 Å². The maximum atomic E-state index is 13.5. The third kappa shape index (κ3) is 6.45. The Bertz CT molecular complexity index is 1190. The fourth-order valence-corrected chi connectivity index (χ4v) is 4.91. The molecule has 0 aliphatic carbocycles. The van der Waals surface area contributed by atoms with Gasteiger partial charge in [0, 0.05) is 19.1 Å². The first-order chi connectivity index (χ1) is 17.9. The molecule has 0 radical (unpaired) electrons. The maximum absolute atomic E-state index is 13.5. The van der Waals surface area contributed by atoms with Crippen LogP contribution in [0.5, 0.6) is 5.75 Å². The number of anilines is 1. The zero-order valence-electron chi connectivity index (χ0n) is 22.1. The number of thiocarbonyl (C=S) groups is 1. The van der Waals surface area contributed by atoms with Crippen LogP contribution in [0.3, 0.4) is 0 Å². The summed E-state index contributed by atoms with van der Waals surface area (Å²) in [4.78, 5) is 16.0. The number of nitrogens with zero attached hydrogens (tertiary/aromatic N) is 3. The van der Waals surface area contributed by atoms with E-state index in [1.165, 1.54) is 11.6 Å². The van der Waals surface area contributed by atoms with E-state index >= 15 is 0 Å². The lowest BCUT2D eigenvalue weighted by Crippen LogP contribution is -2.44. The largest absolute Gasteiger partial charge is 0.494 e. The summed E-state index contributed by atoms with van der Waals surface area (Å²) < 4.78 is 46.3. The second kappa shape index (κ2) is 12.1. The summed E-state index contributed by atoms with van der Waals surface area (Å²) in [7, 11) is 0. The average molecular weight is 547 g/mol. The number of ether oxygens (including phenoxy) is 1. The first kappa shape index (κ1) is 29.4. The molecule has 1 fully saturated rings. The van der Waals surface area contributed by atoms with Crippen LogP contribution in [0.25, 0.3) is 0 Å². The number of benzene rings is 2. The Morgan fingerprint density at radius 1 is 1.13 bits per heavy atom. The highest BCUT2D eigenvalue weighted by molar-refractivity contribution is 7.80. The number of carbonyl (C=O) groups is 1. The number of carbonyl (C=O) groups excluding carboxylic acids is 1. The lowest BCUT2D eigenvalue weighted by Gasteiger charge is -2.29. The highest BCUT2D eigenvalue weighted by atomic mass is 32.1.